The van der Waals surface area contributed by atoms with Gasteiger partial charge in [0.25, 0.3) is 6.57 Å². The Morgan fingerprint density at radius 2 is 2.55 bits per heavy atom. The molecule has 0 aromatic carbocycles. The summed E-state index contributed by atoms with van der Waals surface area (Å²) in [6.45, 7) is -2.39. The molecule has 0 N–H and O–H groups in total. The summed E-state index contributed by atoms with van der Waals surface area (Å²) in [4.78, 5) is 0. The van der Waals surface area contributed by atoms with Crippen LogP contribution in [0, 0.1) is 12.3 Å². The third kappa shape index (κ3) is 2.27. The second kappa shape index (κ2) is 3.67. The Hall–Kier alpha value is 0.1000. The standard InChI is InChI=1S/C7H11O2PS/c1-3-7-5-4-6-10(8,9-7)11-2/h1,7H,4-6H2,2H3. The molecular formula is C7H11O2PS. The minimum Gasteiger partial charge on any atom is -0.305 e. The van der Waals surface area contributed by atoms with Gasteiger partial charge in [-0.3, -0.25) is 4.57 Å². The van der Waals surface area contributed by atoms with Gasteiger partial charge in [0.1, 0.15) is 6.10 Å². The van der Waals surface area contributed by atoms with Crippen molar-refractivity contribution >= 4 is 18.0 Å². The van der Waals surface area contributed by atoms with Crippen LogP contribution in [0.1, 0.15) is 12.8 Å². The lowest BCUT2D eigenvalue weighted by Crippen LogP contribution is -2.14. The summed E-state index contributed by atoms with van der Waals surface area (Å²) >= 11 is 1.30. The van der Waals surface area contributed by atoms with Gasteiger partial charge in [0.2, 0.25) is 0 Å². The van der Waals surface area contributed by atoms with Crippen LogP contribution in [0.2, 0.25) is 0 Å². The molecule has 1 heterocycles. The van der Waals surface area contributed by atoms with Gasteiger partial charge in [-0.25, -0.2) is 0 Å². The molecule has 2 unspecified atom stereocenters. The van der Waals surface area contributed by atoms with Gasteiger partial charge in [0.05, 0.1) is 0 Å². The van der Waals surface area contributed by atoms with E-state index in [0.29, 0.717) is 6.16 Å². The summed E-state index contributed by atoms with van der Waals surface area (Å²) in [6.07, 6.45) is 9.20. The predicted octanol–water partition coefficient (Wildman–Crippen LogP) is 2.35. The average Bonchev–Trinajstić information content (AvgIpc) is 2.05. The van der Waals surface area contributed by atoms with Crippen molar-refractivity contribution in [2.75, 3.05) is 12.4 Å². The van der Waals surface area contributed by atoms with Crippen LogP contribution in [0.25, 0.3) is 0 Å². The molecule has 0 aliphatic carbocycles. The van der Waals surface area contributed by atoms with Crippen molar-refractivity contribution in [3.8, 4) is 12.3 Å². The van der Waals surface area contributed by atoms with Gasteiger partial charge in [-0.1, -0.05) is 17.3 Å². The van der Waals surface area contributed by atoms with Crippen molar-refractivity contribution in [3.63, 3.8) is 0 Å². The van der Waals surface area contributed by atoms with Crippen LogP contribution in [-0.2, 0) is 9.09 Å². The largest absolute Gasteiger partial charge is 0.305 e. The minimum absolute atomic E-state index is 0.220. The van der Waals surface area contributed by atoms with Gasteiger partial charge in [0, 0.05) is 6.16 Å². The zero-order valence-electron chi connectivity index (χ0n) is 6.45. The maximum atomic E-state index is 11.6. The topological polar surface area (TPSA) is 26.3 Å². The van der Waals surface area contributed by atoms with Crippen molar-refractivity contribution in [2.24, 2.45) is 0 Å². The first-order chi connectivity index (χ1) is 5.20. The van der Waals surface area contributed by atoms with Crippen LogP contribution in [0.4, 0.5) is 0 Å². The van der Waals surface area contributed by atoms with E-state index in [-0.39, 0.29) is 6.10 Å². The molecule has 0 radical (unpaired) electrons. The number of rotatable bonds is 1. The molecule has 4 heteroatoms. The van der Waals surface area contributed by atoms with Crippen molar-refractivity contribution in [2.45, 2.75) is 18.9 Å². The SMILES string of the molecule is C#CC1CCCP(=O)(SC)O1. The first-order valence-corrected chi connectivity index (χ1v) is 7.13. The summed E-state index contributed by atoms with van der Waals surface area (Å²) in [5.74, 6) is 2.49. The summed E-state index contributed by atoms with van der Waals surface area (Å²) in [7, 11) is 0. The fourth-order valence-corrected chi connectivity index (χ4v) is 4.02. The molecule has 0 spiro atoms. The summed E-state index contributed by atoms with van der Waals surface area (Å²) in [5, 5.41) is 0. The molecule has 1 rings (SSSR count). The average molecular weight is 190 g/mol. The molecule has 0 aromatic heterocycles. The van der Waals surface area contributed by atoms with Crippen LogP contribution in [0.5, 0.6) is 0 Å². The summed E-state index contributed by atoms with van der Waals surface area (Å²) < 4.78 is 16.9. The van der Waals surface area contributed by atoms with Crippen molar-refractivity contribution in [1.82, 2.24) is 0 Å². The molecule has 0 bridgehead atoms. The van der Waals surface area contributed by atoms with Gasteiger partial charge in [-0.2, -0.15) is 0 Å². The molecular weight excluding hydrogens is 179 g/mol. The smallest absolute Gasteiger partial charge is 0.258 e. The van der Waals surface area contributed by atoms with Crippen molar-refractivity contribution in [3.05, 3.63) is 0 Å². The van der Waals surface area contributed by atoms with E-state index < -0.39 is 6.57 Å². The van der Waals surface area contributed by atoms with E-state index in [1.165, 1.54) is 11.4 Å². The third-order valence-corrected chi connectivity index (χ3v) is 6.12. The second-order valence-corrected chi connectivity index (χ2v) is 7.43. The van der Waals surface area contributed by atoms with E-state index in [0.717, 1.165) is 12.8 Å². The predicted molar refractivity (Wildman–Crippen MR) is 48.9 cm³/mol. The Balaban J connectivity index is 2.61. The molecule has 1 aliphatic heterocycles. The molecule has 11 heavy (non-hydrogen) atoms. The summed E-state index contributed by atoms with van der Waals surface area (Å²) in [5.41, 5.74) is 0. The lowest BCUT2D eigenvalue weighted by molar-refractivity contribution is 0.239. The highest BCUT2D eigenvalue weighted by atomic mass is 32.7. The molecule has 2 nitrogen and oxygen atoms in total. The Kier molecular flexibility index (Phi) is 3.06. The number of hydrogen-bond acceptors (Lipinski definition) is 3. The van der Waals surface area contributed by atoms with Crippen LogP contribution < -0.4 is 0 Å². The molecule has 1 fully saturated rings. The maximum absolute atomic E-state index is 11.6. The van der Waals surface area contributed by atoms with Gasteiger partial charge >= 0.3 is 0 Å². The van der Waals surface area contributed by atoms with Crippen LogP contribution in [0.3, 0.4) is 0 Å². The third-order valence-electron chi connectivity index (χ3n) is 1.65. The van der Waals surface area contributed by atoms with Crippen LogP contribution in [-0.4, -0.2) is 18.5 Å². The Morgan fingerprint density at radius 3 is 3.09 bits per heavy atom. The first-order valence-electron chi connectivity index (χ1n) is 3.49. The monoisotopic (exact) mass is 190 g/mol. The number of terminal acetylenes is 1. The van der Waals surface area contributed by atoms with E-state index >= 15 is 0 Å². The Labute approximate surface area is 71.3 Å². The lowest BCUT2D eigenvalue weighted by Gasteiger charge is -2.25. The molecule has 62 valence electrons. The van der Waals surface area contributed by atoms with Gasteiger partial charge in [-0.05, 0) is 19.1 Å². The highest BCUT2D eigenvalue weighted by Gasteiger charge is 2.29. The van der Waals surface area contributed by atoms with E-state index in [2.05, 4.69) is 5.92 Å². The lowest BCUT2D eigenvalue weighted by atomic mass is 10.2. The van der Waals surface area contributed by atoms with Crippen LogP contribution >= 0.6 is 18.0 Å². The van der Waals surface area contributed by atoms with Gasteiger partial charge in [-0.15, -0.1) is 6.42 Å². The molecule has 0 aromatic rings. The quantitative estimate of drug-likeness (QED) is 0.469. The maximum Gasteiger partial charge on any atom is 0.258 e. The molecule has 2 atom stereocenters. The molecule has 0 amide bonds. The fraction of sp³-hybridized carbons (Fsp3) is 0.714. The van der Waals surface area contributed by atoms with Gasteiger partial charge < -0.3 is 4.52 Å². The van der Waals surface area contributed by atoms with E-state index in [1.807, 2.05) is 0 Å². The van der Waals surface area contributed by atoms with E-state index in [4.69, 9.17) is 10.9 Å². The first kappa shape index (κ1) is 9.19. The van der Waals surface area contributed by atoms with Crippen LogP contribution in [0.15, 0.2) is 0 Å². The number of hydrogen-bond donors (Lipinski definition) is 0. The summed E-state index contributed by atoms with van der Waals surface area (Å²) in [6, 6.07) is 0. The van der Waals surface area contributed by atoms with Gasteiger partial charge in [0.15, 0.2) is 0 Å². The second-order valence-electron chi connectivity index (χ2n) is 2.42. The normalized spacial score (nSPS) is 38.0. The zero-order chi connectivity index (χ0) is 8.32. The van der Waals surface area contributed by atoms with E-state index in [9.17, 15) is 4.57 Å². The van der Waals surface area contributed by atoms with Crippen molar-refractivity contribution in [1.29, 1.82) is 0 Å². The molecule has 1 aliphatic rings. The minimum atomic E-state index is -2.39. The van der Waals surface area contributed by atoms with Crippen molar-refractivity contribution < 1.29 is 9.09 Å². The fourth-order valence-electron chi connectivity index (χ4n) is 1.02. The molecule has 1 saturated heterocycles. The van der Waals surface area contributed by atoms with E-state index in [1.54, 1.807) is 6.26 Å². The molecule has 0 saturated carbocycles. The highest BCUT2D eigenvalue weighted by molar-refractivity contribution is 8.56. The zero-order valence-corrected chi connectivity index (χ0v) is 8.16. The Bertz CT molecular complexity index is 221. The Morgan fingerprint density at radius 1 is 1.82 bits per heavy atom. The highest BCUT2D eigenvalue weighted by Crippen LogP contribution is 2.61.